The van der Waals surface area contributed by atoms with Gasteiger partial charge < -0.3 is 4.90 Å². The molecule has 2 heterocycles. The van der Waals surface area contributed by atoms with Crippen molar-refractivity contribution in [1.82, 2.24) is 20.0 Å². The Hall–Kier alpha value is -2.39. The summed E-state index contributed by atoms with van der Waals surface area (Å²) in [5.74, 6) is -0.422. The number of benzene rings is 1. The van der Waals surface area contributed by atoms with Crippen molar-refractivity contribution in [3.8, 4) is 0 Å². The SMILES string of the molecule is Cc1nnc(NC(=O)CN2CCN(C(=O)Cc3ccc(F)cc3)CC2)s1. The third-order valence-corrected chi connectivity index (χ3v) is 4.89. The normalized spacial score (nSPS) is 15.1. The number of halogens is 1. The van der Waals surface area contributed by atoms with Crippen LogP contribution in [0.1, 0.15) is 10.6 Å². The van der Waals surface area contributed by atoms with Gasteiger partial charge >= 0.3 is 0 Å². The number of nitrogens with zero attached hydrogens (tertiary/aromatic N) is 4. The van der Waals surface area contributed by atoms with Crippen LogP contribution < -0.4 is 5.32 Å². The van der Waals surface area contributed by atoms with E-state index in [1.54, 1.807) is 17.0 Å². The molecule has 1 aromatic carbocycles. The molecule has 138 valence electrons. The lowest BCUT2D eigenvalue weighted by atomic mass is 10.1. The van der Waals surface area contributed by atoms with Crippen molar-refractivity contribution < 1.29 is 14.0 Å². The van der Waals surface area contributed by atoms with Gasteiger partial charge in [0.2, 0.25) is 16.9 Å². The Morgan fingerprint density at radius 2 is 1.85 bits per heavy atom. The summed E-state index contributed by atoms with van der Waals surface area (Å²) in [7, 11) is 0. The summed E-state index contributed by atoms with van der Waals surface area (Å²) in [5.41, 5.74) is 0.797. The van der Waals surface area contributed by atoms with Gasteiger partial charge in [-0.1, -0.05) is 23.5 Å². The molecular formula is C17H20FN5O2S. The molecule has 0 aliphatic carbocycles. The van der Waals surface area contributed by atoms with E-state index in [9.17, 15) is 14.0 Å². The maximum Gasteiger partial charge on any atom is 0.240 e. The molecule has 1 fully saturated rings. The Morgan fingerprint density at radius 1 is 1.15 bits per heavy atom. The van der Waals surface area contributed by atoms with Crippen LogP contribution >= 0.6 is 11.3 Å². The zero-order chi connectivity index (χ0) is 18.5. The smallest absolute Gasteiger partial charge is 0.240 e. The number of anilines is 1. The first-order chi connectivity index (χ1) is 12.5. The molecule has 1 saturated heterocycles. The highest BCUT2D eigenvalue weighted by Gasteiger charge is 2.22. The number of carbonyl (C=O) groups excluding carboxylic acids is 2. The topological polar surface area (TPSA) is 78.4 Å². The van der Waals surface area contributed by atoms with E-state index in [0.29, 0.717) is 31.3 Å². The van der Waals surface area contributed by atoms with E-state index in [1.807, 2.05) is 11.8 Å². The van der Waals surface area contributed by atoms with Crippen LogP contribution in [0.2, 0.25) is 0 Å². The fourth-order valence-corrected chi connectivity index (χ4v) is 3.36. The number of amides is 2. The van der Waals surface area contributed by atoms with Gasteiger partial charge in [0.05, 0.1) is 13.0 Å². The molecule has 0 saturated carbocycles. The second kappa shape index (κ2) is 8.33. The number of hydrogen-bond acceptors (Lipinski definition) is 6. The van der Waals surface area contributed by atoms with Crippen molar-refractivity contribution in [2.75, 3.05) is 38.0 Å². The fraction of sp³-hybridized carbons (Fsp3) is 0.412. The molecule has 1 aliphatic heterocycles. The molecule has 1 aliphatic rings. The molecule has 3 rings (SSSR count). The van der Waals surface area contributed by atoms with Crippen LogP contribution in [-0.4, -0.2) is 64.5 Å². The molecule has 0 atom stereocenters. The average molecular weight is 377 g/mol. The Bertz CT molecular complexity index is 772. The van der Waals surface area contributed by atoms with E-state index < -0.39 is 0 Å². The highest BCUT2D eigenvalue weighted by atomic mass is 32.1. The number of rotatable bonds is 5. The molecular weight excluding hydrogens is 357 g/mol. The molecule has 2 aromatic rings. The van der Waals surface area contributed by atoms with Crippen LogP contribution in [0, 0.1) is 12.7 Å². The van der Waals surface area contributed by atoms with E-state index >= 15 is 0 Å². The third kappa shape index (κ3) is 5.06. The minimum absolute atomic E-state index is 0.0186. The van der Waals surface area contributed by atoms with E-state index in [-0.39, 0.29) is 30.6 Å². The Morgan fingerprint density at radius 3 is 2.46 bits per heavy atom. The van der Waals surface area contributed by atoms with Gasteiger partial charge in [-0.2, -0.15) is 0 Å². The number of aryl methyl sites for hydroxylation is 1. The third-order valence-electron chi connectivity index (χ3n) is 4.13. The predicted molar refractivity (Wildman–Crippen MR) is 96.4 cm³/mol. The molecule has 1 N–H and O–H groups in total. The van der Waals surface area contributed by atoms with Crippen LogP contribution in [-0.2, 0) is 16.0 Å². The van der Waals surface area contributed by atoms with Gasteiger partial charge in [-0.3, -0.25) is 19.8 Å². The highest BCUT2D eigenvalue weighted by Crippen LogP contribution is 2.14. The standard InChI is InChI=1S/C17H20FN5O2S/c1-12-20-21-17(26-12)19-15(24)11-22-6-8-23(9-7-22)16(25)10-13-2-4-14(18)5-3-13/h2-5H,6-11H2,1H3,(H,19,21,24). The zero-order valence-corrected chi connectivity index (χ0v) is 15.3. The fourth-order valence-electron chi connectivity index (χ4n) is 2.75. The molecule has 0 bridgehead atoms. The van der Waals surface area contributed by atoms with Crippen LogP contribution in [0.5, 0.6) is 0 Å². The molecule has 0 radical (unpaired) electrons. The van der Waals surface area contributed by atoms with E-state index in [0.717, 1.165) is 10.6 Å². The molecule has 0 spiro atoms. The molecule has 1 aromatic heterocycles. The van der Waals surface area contributed by atoms with Gasteiger partial charge in [-0.15, -0.1) is 10.2 Å². The molecule has 7 nitrogen and oxygen atoms in total. The van der Waals surface area contributed by atoms with Crippen molar-refractivity contribution in [3.05, 3.63) is 40.7 Å². The Kier molecular flexibility index (Phi) is 5.89. The number of aromatic nitrogens is 2. The van der Waals surface area contributed by atoms with Gasteiger partial charge in [0.1, 0.15) is 10.8 Å². The second-order valence-corrected chi connectivity index (χ2v) is 7.32. The van der Waals surface area contributed by atoms with E-state index in [4.69, 9.17) is 0 Å². The number of hydrogen-bond donors (Lipinski definition) is 1. The van der Waals surface area contributed by atoms with Crippen molar-refractivity contribution in [3.63, 3.8) is 0 Å². The number of carbonyl (C=O) groups is 2. The molecule has 26 heavy (non-hydrogen) atoms. The summed E-state index contributed by atoms with van der Waals surface area (Å²) >= 11 is 1.34. The maximum absolute atomic E-state index is 12.9. The first kappa shape index (κ1) is 18.4. The molecule has 0 unspecified atom stereocenters. The maximum atomic E-state index is 12.9. The summed E-state index contributed by atoms with van der Waals surface area (Å²) in [4.78, 5) is 28.2. The lowest BCUT2D eigenvalue weighted by molar-refractivity contribution is -0.132. The first-order valence-electron chi connectivity index (χ1n) is 8.34. The quantitative estimate of drug-likeness (QED) is 0.850. The van der Waals surface area contributed by atoms with Crippen molar-refractivity contribution in [2.45, 2.75) is 13.3 Å². The van der Waals surface area contributed by atoms with Crippen LogP contribution in [0.3, 0.4) is 0 Å². The van der Waals surface area contributed by atoms with Crippen LogP contribution in [0.15, 0.2) is 24.3 Å². The highest BCUT2D eigenvalue weighted by molar-refractivity contribution is 7.15. The summed E-state index contributed by atoms with van der Waals surface area (Å²) in [5, 5.41) is 11.8. The summed E-state index contributed by atoms with van der Waals surface area (Å²) in [6.45, 7) is 4.51. The largest absolute Gasteiger partial charge is 0.340 e. The first-order valence-corrected chi connectivity index (χ1v) is 9.16. The van der Waals surface area contributed by atoms with Gasteiger partial charge in [0.15, 0.2) is 0 Å². The van der Waals surface area contributed by atoms with Gasteiger partial charge in [0.25, 0.3) is 0 Å². The molecule has 2 amide bonds. The number of nitrogens with one attached hydrogen (secondary N) is 1. The lowest BCUT2D eigenvalue weighted by Crippen LogP contribution is -2.50. The summed E-state index contributed by atoms with van der Waals surface area (Å²) < 4.78 is 12.9. The summed E-state index contributed by atoms with van der Waals surface area (Å²) in [6, 6.07) is 5.98. The lowest BCUT2D eigenvalue weighted by Gasteiger charge is -2.34. The average Bonchev–Trinajstić information content (AvgIpc) is 3.02. The molecule has 9 heteroatoms. The van der Waals surface area contributed by atoms with Crippen LogP contribution in [0.25, 0.3) is 0 Å². The van der Waals surface area contributed by atoms with Crippen LogP contribution in [0.4, 0.5) is 9.52 Å². The van der Waals surface area contributed by atoms with Crippen molar-refractivity contribution >= 4 is 28.3 Å². The van der Waals surface area contributed by atoms with Gasteiger partial charge in [-0.05, 0) is 24.6 Å². The minimum Gasteiger partial charge on any atom is -0.340 e. The number of piperazine rings is 1. The van der Waals surface area contributed by atoms with E-state index in [1.165, 1.54) is 23.5 Å². The summed E-state index contributed by atoms with van der Waals surface area (Å²) in [6.07, 6.45) is 0.261. The predicted octanol–water partition coefficient (Wildman–Crippen LogP) is 1.31. The van der Waals surface area contributed by atoms with Crippen molar-refractivity contribution in [1.29, 1.82) is 0 Å². The second-order valence-electron chi connectivity index (χ2n) is 6.13. The van der Waals surface area contributed by atoms with Crippen molar-refractivity contribution in [2.24, 2.45) is 0 Å². The zero-order valence-electron chi connectivity index (χ0n) is 14.4. The Balaban J connectivity index is 1.42. The monoisotopic (exact) mass is 377 g/mol. The van der Waals surface area contributed by atoms with Gasteiger partial charge in [-0.25, -0.2) is 4.39 Å². The minimum atomic E-state index is -0.309. The van der Waals surface area contributed by atoms with Gasteiger partial charge in [0, 0.05) is 26.2 Å². The Labute approximate surface area is 154 Å². The van der Waals surface area contributed by atoms with E-state index in [2.05, 4.69) is 15.5 Å².